The van der Waals surface area contributed by atoms with Crippen LogP contribution in [-0.2, 0) is 4.79 Å². The van der Waals surface area contributed by atoms with E-state index in [1.165, 1.54) is 17.4 Å². The van der Waals surface area contributed by atoms with Gasteiger partial charge in [-0.1, -0.05) is 59.6 Å². The summed E-state index contributed by atoms with van der Waals surface area (Å²) in [4.78, 5) is 16.4. The van der Waals surface area contributed by atoms with Crippen LogP contribution in [0.4, 0.5) is 5.13 Å². The number of carbonyl (C=O) groups excluding carboxylic acids is 1. The van der Waals surface area contributed by atoms with Crippen LogP contribution >= 0.6 is 34.5 Å². The van der Waals surface area contributed by atoms with Gasteiger partial charge < -0.3 is 0 Å². The Morgan fingerprint density at radius 3 is 2.46 bits per heavy atom. The fraction of sp³-hybridized carbons (Fsp3) is 0. The Kier molecular flexibility index (Phi) is 5.30. The van der Waals surface area contributed by atoms with E-state index in [1.807, 2.05) is 35.7 Å². The fourth-order valence-electron chi connectivity index (χ4n) is 2.05. The van der Waals surface area contributed by atoms with E-state index < -0.39 is 0 Å². The summed E-state index contributed by atoms with van der Waals surface area (Å²) in [6.07, 6.45) is 2.97. The van der Waals surface area contributed by atoms with E-state index in [-0.39, 0.29) is 5.91 Å². The molecule has 0 bridgehead atoms. The number of halogens is 2. The van der Waals surface area contributed by atoms with E-state index in [2.05, 4.69) is 10.3 Å². The molecule has 3 rings (SSSR count). The Bertz CT molecular complexity index is 871. The van der Waals surface area contributed by atoms with Crippen LogP contribution in [0.1, 0.15) is 5.56 Å². The lowest BCUT2D eigenvalue weighted by molar-refractivity contribution is -0.111. The lowest BCUT2D eigenvalue weighted by Crippen LogP contribution is -2.07. The minimum Gasteiger partial charge on any atom is -0.298 e. The molecule has 0 aliphatic rings. The quantitative estimate of drug-likeness (QED) is 0.589. The number of rotatable bonds is 4. The van der Waals surface area contributed by atoms with Gasteiger partial charge in [0.1, 0.15) is 0 Å². The molecule has 0 radical (unpaired) electrons. The van der Waals surface area contributed by atoms with E-state index >= 15 is 0 Å². The zero-order chi connectivity index (χ0) is 16.9. The first kappa shape index (κ1) is 16.7. The predicted molar refractivity (Wildman–Crippen MR) is 102 cm³/mol. The molecule has 1 amide bonds. The number of hydrogen-bond donors (Lipinski definition) is 1. The summed E-state index contributed by atoms with van der Waals surface area (Å²) in [6.45, 7) is 0. The maximum atomic E-state index is 12.0. The van der Waals surface area contributed by atoms with Crippen molar-refractivity contribution in [2.24, 2.45) is 0 Å². The molecule has 3 aromatic rings. The lowest BCUT2D eigenvalue weighted by atomic mass is 10.2. The Hall–Kier alpha value is -2.14. The average Bonchev–Trinajstić information content (AvgIpc) is 3.03. The van der Waals surface area contributed by atoms with Gasteiger partial charge in [0.2, 0.25) is 5.91 Å². The van der Waals surface area contributed by atoms with Gasteiger partial charge in [-0.25, -0.2) is 4.98 Å². The molecule has 1 N–H and O–H groups in total. The third-order valence-electron chi connectivity index (χ3n) is 3.20. The molecule has 0 aliphatic heterocycles. The molecule has 0 atom stereocenters. The minimum atomic E-state index is -0.292. The standard InChI is InChI=1S/C18H12Cl2N2OS/c19-14-7-4-8-15(20)13(14)9-10-17(23)22-18-21-16(11-24-18)12-5-2-1-3-6-12/h1-11H,(H,21,22,23)/b10-9+. The van der Waals surface area contributed by atoms with E-state index in [1.54, 1.807) is 24.3 Å². The number of nitrogens with zero attached hydrogens (tertiary/aromatic N) is 1. The normalized spacial score (nSPS) is 10.9. The van der Waals surface area contributed by atoms with Crippen LogP contribution in [0.3, 0.4) is 0 Å². The molecule has 0 saturated carbocycles. The van der Waals surface area contributed by atoms with Crippen molar-refractivity contribution in [2.75, 3.05) is 5.32 Å². The summed E-state index contributed by atoms with van der Waals surface area (Å²) >= 11 is 13.5. The van der Waals surface area contributed by atoms with Crippen molar-refractivity contribution >= 4 is 51.7 Å². The van der Waals surface area contributed by atoms with Crippen LogP contribution in [0, 0.1) is 0 Å². The third-order valence-corrected chi connectivity index (χ3v) is 4.62. The Balaban J connectivity index is 1.70. The smallest absolute Gasteiger partial charge is 0.250 e. The van der Waals surface area contributed by atoms with E-state index in [4.69, 9.17) is 23.2 Å². The largest absolute Gasteiger partial charge is 0.298 e. The van der Waals surface area contributed by atoms with Crippen LogP contribution in [0.25, 0.3) is 17.3 Å². The van der Waals surface area contributed by atoms with Crippen molar-refractivity contribution in [1.82, 2.24) is 4.98 Å². The molecule has 1 heterocycles. The van der Waals surface area contributed by atoms with Gasteiger partial charge in [-0.2, -0.15) is 0 Å². The second-order valence-corrected chi connectivity index (χ2v) is 6.53. The van der Waals surface area contributed by atoms with Gasteiger partial charge in [0.25, 0.3) is 0 Å². The first-order chi connectivity index (χ1) is 11.6. The summed E-state index contributed by atoms with van der Waals surface area (Å²) in [5, 5.41) is 6.16. The van der Waals surface area contributed by atoms with Gasteiger partial charge in [0, 0.05) is 32.6 Å². The second kappa shape index (κ2) is 7.62. The van der Waals surface area contributed by atoms with E-state index in [9.17, 15) is 4.79 Å². The Labute approximate surface area is 153 Å². The number of hydrogen-bond acceptors (Lipinski definition) is 3. The topological polar surface area (TPSA) is 42.0 Å². The first-order valence-electron chi connectivity index (χ1n) is 7.07. The van der Waals surface area contributed by atoms with Gasteiger partial charge in [-0.05, 0) is 18.2 Å². The Morgan fingerprint density at radius 2 is 1.75 bits per heavy atom. The molecule has 1 aromatic heterocycles. The van der Waals surface area contributed by atoms with Crippen LogP contribution in [-0.4, -0.2) is 10.9 Å². The van der Waals surface area contributed by atoms with Crippen LogP contribution < -0.4 is 5.32 Å². The molecule has 3 nitrogen and oxygen atoms in total. The minimum absolute atomic E-state index is 0.292. The molecule has 6 heteroatoms. The van der Waals surface area contributed by atoms with Gasteiger partial charge in [-0.15, -0.1) is 11.3 Å². The van der Waals surface area contributed by atoms with Gasteiger partial charge >= 0.3 is 0 Å². The molecule has 0 unspecified atom stereocenters. The fourth-order valence-corrected chi connectivity index (χ4v) is 3.29. The number of aromatic nitrogens is 1. The highest BCUT2D eigenvalue weighted by Crippen LogP contribution is 2.26. The van der Waals surface area contributed by atoms with Crippen LogP contribution in [0.5, 0.6) is 0 Å². The van der Waals surface area contributed by atoms with E-state index in [0.29, 0.717) is 20.7 Å². The lowest BCUT2D eigenvalue weighted by Gasteiger charge is -2.01. The number of benzene rings is 2. The summed E-state index contributed by atoms with van der Waals surface area (Å²) in [6, 6.07) is 15.0. The molecule has 0 fully saturated rings. The maximum Gasteiger partial charge on any atom is 0.250 e. The highest BCUT2D eigenvalue weighted by Gasteiger charge is 2.07. The number of anilines is 1. The van der Waals surface area contributed by atoms with Crippen LogP contribution in [0.15, 0.2) is 60.0 Å². The molecule has 24 heavy (non-hydrogen) atoms. The monoisotopic (exact) mass is 374 g/mol. The van der Waals surface area contributed by atoms with Gasteiger partial charge in [0.05, 0.1) is 5.69 Å². The average molecular weight is 375 g/mol. The van der Waals surface area contributed by atoms with E-state index in [0.717, 1.165) is 11.3 Å². The molecule has 2 aromatic carbocycles. The second-order valence-electron chi connectivity index (χ2n) is 4.86. The predicted octanol–water partition coefficient (Wildman–Crippen LogP) is 5.77. The highest BCUT2D eigenvalue weighted by molar-refractivity contribution is 7.14. The Morgan fingerprint density at radius 1 is 1.04 bits per heavy atom. The van der Waals surface area contributed by atoms with Crippen molar-refractivity contribution in [3.8, 4) is 11.3 Å². The van der Waals surface area contributed by atoms with Crippen molar-refractivity contribution < 1.29 is 4.79 Å². The molecular weight excluding hydrogens is 363 g/mol. The number of amides is 1. The summed E-state index contributed by atoms with van der Waals surface area (Å²) in [5.74, 6) is -0.292. The molecular formula is C18H12Cl2N2OS. The SMILES string of the molecule is O=C(/C=C/c1c(Cl)cccc1Cl)Nc1nc(-c2ccccc2)cs1. The molecule has 0 saturated heterocycles. The number of thiazole rings is 1. The van der Waals surface area contributed by atoms with Crippen LogP contribution in [0.2, 0.25) is 10.0 Å². The van der Waals surface area contributed by atoms with Crippen molar-refractivity contribution in [1.29, 1.82) is 0 Å². The molecule has 120 valence electrons. The number of nitrogens with one attached hydrogen (secondary N) is 1. The van der Waals surface area contributed by atoms with Gasteiger partial charge in [0.15, 0.2) is 5.13 Å². The third kappa shape index (κ3) is 4.03. The zero-order valence-corrected chi connectivity index (χ0v) is 14.7. The van der Waals surface area contributed by atoms with Crippen molar-refractivity contribution in [3.05, 3.63) is 75.6 Å². The zero-order valence-electron chi connectivity index (χ0n) is 12.4. The summed E-state index contributed by atoms with van der Waals surface area (Å²) in [5.41, 5.74) is 2.45. The van der Waals surface area contributed by atoms with Crippen molar-refractivity contribution in [3.63, 3.8) is 0 Å². The van der Waals surface area contributed by atoms with Gasteiger partial charge in [-0.3, -0.25) is 10.1 Å². The summed E-state index contributed by atoms with van der Waals surface area (Å²) in [7, 11) is 0. The summed E-state index contributed by atoms with van der Waals surface area (Å²) < 4.78 is 0. The maximum absolute atomic E-state index is 12.0. The molecule has 0 aliphatic carbocycles. The first-order valence-corrected chi connectivity index (χ1v) is 8.71. The molecule has 0 spiro atoms. The van der Waals surface area contributed by atoms with Crippen molar-refractivity contribution in [2.45, 2.75) is 0 Å². The highest BCUT2D eigenvalue weighted by atomic mass is 35.5. The number of carbonyl (C=O) groups is 1.